The minimum Gasteiger partial charge on any atom is -0.227 e. The third kappa shape index (κ3) is 3.64. The highest BCUT2D eigenvalue weighted by molar-refractivity contribution is 9.10. The number of sulfonamides is 1. The maximum Gasteiger partial charge on any atom is 0.244 e. The van der Waals surface area contributed by atoms with Crippen LogP contribution in [-0.4, -0.2) is 50.3 Å². The first kappa shape index (κ1) is 17.3. The molecule has 0 aliphatic carbocycles. The fraction of sp³-hybridized carbons (Fsp3) is 0.500. The Morgan fingerprint density at radius 3 is 2.67 bits per heavy atom. The largest absolute Gasteiger partial charge is 0.244 e. The summed E-state index contributed by atoms with van der Waals surface area (Å²) in [6.07, 6.45) is 0. The molecule has 1 heterocycles. The average Bonchev–Trinajstić information content (AvgIpc) is 2.47. The molecular weight excluding hydrogens is 398 g/mol. The predicted octanol–water partition coefficient (Wildman–Crippen LogP) is 1.95. The smallest absolute Gasteiger partial charge is 0.227 e. The summed E-state index contributed by atoms with van der Waals surface area (Å²) in [5, 5.41) is -0.981. The second kappa shape index (κ2) is 6.57. The van der Waals surface area contributed by atoms with Crippen molar-refractivity contribution in [2.24, 2.45) is 0 Å². The van der Waals surface area contributed by atoms with Gasteiger partial charge in [0.2, 0.25) is 10.0 Å². The van der Waals surface area contributed by atoms with Crippen LogP contribution >= 0.6 is 27.7 Å². The Labute approximate surface area is 138 Å². The zero-order valence-electron chi connectivity index (χ0n) is 11.4. The Bertz CT molecular complexity index is 718. The highest BCUT2D eigenvalue weighted by atomic mass is 79.9. The summed E-state index contributed by atoms with van der Waals surface area (Å²) in [5.41, 5.74) is 0. The summed E-state index contributed by atoms with van der Waals surface area (Å²) in [7, 11) is -7.27. The van der Waals surface area contributed by atoms with Gasteiger partial charge in [-0.3, -0.25) is 0 Å². The van der Waals surface area contributed by atoms with Crippen LogP contribution in [0.4, 0.5) is 0 Å². The lowest BCUT2D eigenvalue weighted by atomic mass is 10.4. The second-order valence-corrected chi connectivity index (χ2v) is 11.0. The molecule has 1 aromatic rings. The number of hydrogen-bond acceptors (Lipinski definition) is 5. The lowest BCUT2D eigenvalue weighted by Gasteiger charge is -2.33. The number of rotatable bonds is 4. The van der Waals surface area contributed by atoms with Gasteiger partial charge in [0.25, 0.3) is 0 Å². The van der Waals surface area contributed by atoms with Gasteiger partial charge < -0.3 is 0 Å². The summed E-state index contributed by atoms with van der Waals surface area (Å²) >= 11 is 4.71. The van der Waals surface area contributed by atoms with Crippen molar-refractivity contribution in [2.75, 3.05) is 23.8 Å². The van der Waals surface area contributed by atoms with Crippen molar-refractivity contribution in [3.63, 3.8) is 0 Å². The van der Waals surface area contributed by atoms with Gasteiger partial charge in [-0.15, -0.1) is 0 Å². The van der Waals surface area contributed by atoms with E-state index < -0.39 is 25.2 Å². The molecule has 0 amide bonds. The zero-order chi connectivity index (χ0) is 15.7. The third-order valence-electron chi connectivity index (χ3n) is 3.26. The van der Waals surface area contributed by atoms with Gasteiger partial charge in [-0.2, -0.15) is 16.1 Å². The Balaban J connectivity index is 2.46. The van der Waals surface area contributed by atoms with E-state index in [-0.39, 0.29) is 22.9 Å². The molecule has 0 spiro atoms. The van der Waals surface area contributed by atoms with E-state index in [0.717, 1.165) is 4.31 Å². The molecule has 1 aliphatic rings. The fourth-order valence-corrected chi connectivity index (χ4v) is 7.93. The zero-order valence-corrected chi connectivity index (χ0v) is 15.4. The quantitative estimate of drug-likeness (QED) is 0.753. The molecule has 118 valence electrons. The van der Waals surface area contributed by atoms with Crippen molar-refractivity contribution in [3.8, 4) is 0 Å². The first-order chi connectivity index (χ1) is 9.79. The molecule has 0 aromatic heterocycles. The van der Waals surface area contributed by atoms with E-state index in [1.807, 2.05) is 0 Å². The van der Waals surface area contributed by atoms with Gasteiger partial charge >= 0.3 is 0 Å². The molecule has 1 fully saturated rings. The van der Waals surface area contributed by atoms with E-state index in [1.165, 1.54) is 23.9 Å². The molecule has 21 heavy (non-hydrogen) atoms. The van der Waals surface area contributed by atoms with Gasteiger partial charge in [0, 0.05) is 28.3 Å². The molecule has 9 heteroatoms. The van der Waals surface area contributed by atoms with Crippen molar-refractivity contribution >= 4 is 47.6 Å². The van der Waals surface area contributed by atoms with E-state index in [2.05, 4.69) is 15.9 Å². The third-order valence-corrected chi connectivity index (χ3v) is 9.08. The van der Waals surface area contributed by atoms with E-state index in [4.69, 9.17) is 0 Å². The van der Waals surface area contributed by atoms with Crippen LogP contribution in [0.15, 0.2) is 33.6 Å². The van der Waals surface area contributed by atoms with Crippen LogP contribution < -0.4 is 0 Å². The molecule has 0 bridgehead atoms. The first-order valence-electron chi connectivity index (χ1n) is 6.36. The molecule has 2 rings (SSSR count). The topological polar surface area (TPSA) is 71.5 Å². The molecule has 0 radical (unpaired) electrons. The monoisotopic (exact) mass is 413 g/mol. The van der Waals surface area contributed by atoms with Crippen molar-refractivity contribution in [1.82, 2.24) is 4.31 Å². The van der Waals surface area contributed by atoms with Crippen molar-refractivity contribution in [1.29, 1.82) is 0 Å². The lowest BCUT2D eigenvalue weighted by molar-refractivity contribution is 0.404. The van der Waals surface area contributed by atoms with Crippen LogP contribution in [0.1, 0.15) is 6.92 Å². The fourth-order valence-electron chi connectivity index (χ4n) is 2.08. The summed E-state index contributed by atoms with van der Waals surface area (Å²) in [6, 6.07) is 6.33. The molecule has 1 aliphatic heterocycles. The molecule has 1 atom stereocenters. The minimum atomic E-state index is -3.82. The van der Waals surface area contributed by atoms with E-state index in [0.29, 0.717) is 10.2 Å². The number of thioether (sulfide) groups is 1. The van der Waals surface area contributed by atoms with Crippen molar-refractivity contribution < 1.29 is 16.8 Å². The van der Waals surface area contributed by atoms with Crippen LogP contribution in [-0.2, 0) is 19.9 Å². The number of hydrogen-bond donors (Lipinski definition) is 0. The number of halogens is 1. The predicted molar refractivity (Wildman–Crippen MR) is 88.6 cm³/mol. The summed E-state index contributed by atoms with van der Waals surface area (Å²) in [4.78, 5) is 0.111. The van der Waals surface area contributed by atoms with Gasteiger partial charge in [0.05, 0.1) is 4.90 Å². The Morgan fingerprint density at radius 1 is 1.33 bits per heavy atom. The maximum atomic E-state index is 12.7. The second-order valence-electron chi connectivity index (χ2n) is 4.55. The van der Waals surface area contributed by atoms with Crippen LogP contribution in [0.2, 0.25) is 0 Å². The normalized spacial score (nSPS) is 21.3. The highest BCUT2D eigenvalue weighted by Crippen LogP contribution is 2.28. The van der Waals surface area contributed by atoms with Gasteiger partial charge in [0.15, 0.2) is 9.84 Å². The molecule has 1 aromatic carbocycles. The summed E-state index contributed by atoms with van der Waals surface area (Å²) in [6.45, 7) is 1.75. The van der Waals surface area contributed by atoms with Crippen LogP contribution in [0, 0.1) is 0 Å². The molecule has 1 saturated heterocycles. The Morgan fingerprint density at radius 2 is 2.05 bits per heavy atom. The van der Waals surface area contributed by atoms with E-state index in [1.54, 1.807) is 19.1 Å². The van der Waals surface area contributed by atoms with Crippen LogP contribution in [0.3, 0.4) is 0 Å². The average molecular weight is 414 g/mol. The lowest BCUT2D eigenvalue weighted by Crippen LogP contribution is -2.50. The standard InChI is InChI=1S/C12H16BrNO4S3/c1-2-20(15,16)12-9-19-7-6-14(12)21(17,18)11-5-3-4-10(13)8-11/h3-5,8,12H,2,6-7,9H2,1H3. The summed E-state index contributed by atoms with van der Waals surface area (Å²) in [5.74, 6) is 0.815. The van der Waals surface area contributed by atoms with E-state index >= 15 is 0 Å². The molecule has 0 saturated carbocycles. The van der Waals surface area contributed by atoms with Crippen molar-refractivity contribution in [2.45, 2.75) is 17.2 Å². The molecule has 1 unspecified atom stereocenters. The van der Waals surface area contributed by atoms with Gasteiger partial charge in [-0.1, -0.05) is 28.9 Å². The van der Waals surface area contributed by atoms with Crippen LogP contribution in [0.25, 0.3) is 0 Å². The number of nitrogens with zero attached hydrogens (tertiary/aromatic N) is 1. The van der Waals surface area contributed by atoms with Gasteiger partial charge in [-0.25, -0.2) is 16.8 Å². The molecule has 5 nitrogen and oxygen atoms in total. The SMILES string of the molecule is CCS(=O)(=O)C1CSCCN1S(=O)(=O)c1cccc(Br)c1. The highest BCUT2D eigenvalue weighted by Gasteiger charge is 2.40. The van der Waals surface area contributed by atoms with Gasteiger partial charge in [-0.05, 0) is 18.2 Å². The van der Waals surface area contributed by atoms with Gasteiger partial charge in [0.1, 0.15) is 5.37 Å². The summed E-state index contributed by atoms with van der Waals surface area (Å²) < 4.78 is 51.6. The van der Waals surface area contributed by atoms with Crippen LogP contribution in [0.5, 0.6) is 0 Å². The Kier molecular flexibility index (Phi) is 5.40. The molecule has 0 N–H and O–H groups in total. The Hall–Kier alpha value is -0.0900. The van der Waals surface area contributed by atoms with E-state index in [9.17, 15) is 16.8 Å². The number of benzene rings is 1. The molecular formula is C12H16BrNO4S3. The maximum absolute atomic E-state index is 12.7. The number of sulfone groups is 1. The minimum absolute atomic E-state index is 0.0667. The first-order valence-corrected chi connectivity index (χ1v) is 11.5. The van der Waals surface area contributed by atoms with Crippen molar-refractivity contribution in [3.05, 3.63) is 28.7 Å².